The van der Waals surface area contributed by atoms with Crippen molar-refractivity contribution in [2.75, 3.05) is 13.2 Å². The van der Waals surface area contributed by atoms with Crippen molar-refractivity contribution in [3.05, 3.63) is 47.1 Å². The summed E-state index contributed by atoms with van der Waals surface area (Å²) in [5.41, 5.74) is -10.3. The quantitative estimate of drug-likeness (QED) is 0.0543. The van der Waals surface area contributed by atoms with Gasteiger partial charge in [-0.2, -0.15) is 0 Å². The highest BCUT2D eigenvalue weighted by Crippen LogP contribution is 2.73. The number of halogens is 2. The average Bonchev–Trinajstić information content (AvgIpc) is 3.69. The van der Waals surface area contributed by atoms with Gasteiger partial charge in [0.05, 0.1) is 12.2 Å². The molecule has 73 heavy (non-hydrogen) atoms. The standard InChI is InChI=1S/C60H86F2O11/c1-37-28-45-43-25-23-41-31-47(66)39(32-54(41,4)58(43,62)48(67)33-55(45,5)59(37,72)50(69)35-63)20-18-16-14-12-10-8-7-9-11-13-15-17-19-21-52(71)73-60(51(70)36-64)38(2)29-46-44-24-22-40-30-42(65)26-27-53(40,3)57(44,61)49(68)34-56(46,60)6/h26-27,30-32,37-38,43-46,48-49,63-64,67-68,72H,7-25,28-29,33-36H2,1-6H3/t37-,38-,43+,44?,45+,46?,48+,49+,53+,54+,55+,56+,57+,58+,59+,60+/m1/s1. The Kier molecular flexibility index (Phi) is 15.8. The second kappa shape index (κ2) is 20.6. The summed E-state index contributed by atoms with van der Waals surface area (Å²) >= 11 is 0. The molecule has 8 aliphatic carbocycles. The second-order valence-electron chi connectivity index (χ2n) is 25.3. The third-order valence-electron chi connectivity index (χ3n) is 21.8. The number of hydrogen-bond acceptors (Lipinski definition) is 11. The molecule has 0 aromatic heterocycles. The van der Waals surface area contributed by atoms with Gasteiger partial charge >= 0.3 is 5.97 Å². The first-order valence-corrected chi connectivity index (χ1v) is 28.3. The van der Waals surface area contributed by atoms with E-state index in [2.05, 4.69) is 0 Å². The first kappa shape index (κ1) is 56.0. The zero-order chi connectivity index (χ0) is 53.2. The van der Waals surface area contributed by atoms with Gasteiger partial charge in [-0.25, -0.2) is 8.78 Å². The van der Waals surface area contributed by atoms with E-state index in [-0.39, 0.29) is 36.7 Å². The highest BCUT2D eigenvalue weighted by molar-refractivity contribution is 6.06. The molecule has 11 nitrogen and oxygen atoms in total. The molecule has 16 atom stereocenters. The Balaban J connectivity index is 0.726. The molecule has 6 saturated carbocycles. The van der Waals surface area contributed by atoms with Gasteiger partial charge in [-0.1, -0.05) is 122 Å². The van der Waals surface area contributed by atoms with Gasteiger partial charge in [0, 0.05) is 45.8 Å². The minimum absolute atomic E-state index is 0.0838. The molecule has 406 valence electrons. The number of allylic oxidation sites excluding steroid dienone is 8. The summed E-state index contributed by atoms with van der Waals surface area (Å²) in [5.74, 6) is -5.10. The molecule has 2 unspecified atom stereocenters. The molecule has 0 bridgehead atoms. The van der Waals surface area contributed by atoms with Crippen molar-refractivity contribution >= 4 is 29.1 Å². The van der Waals surface area contributed by atoms with E-state index in [1.807, 2.05) is 20.8 Å². The van der Waals surface area contributed by atoms with E-state index < -0.39 is 117 Å². The second-order valence-corrected chi connectivity index (χ2v) is 25.3. The van der Waals surface area contributed by atoms with Crippen LogP contribution in [0.5, 0.6) is 0 Å². The predicted molar refractivity (Wildman–Crippen MR) is 272 cm³/mol. The number of aliphatic hydroxyl groups excluding tert-OH is 4. The van der Waals surface area contributed by atoms with Crippen LogP contribution in [0.15, 0.2) is 47.1 Å². The van der Waals surface area contributed by atoms with Crippen LogP contribution in [0.25, 0.3) is 0 Å². The van der Waals surface area contributed by atoms with Crippen molar-refractivity contribution in [2.45, 2.75) is 224 Å². The highest BCUT2D eigenvalue weighted by atomic mass is 19.1. The van der Waals surface area contributed by atoms with E-state index in [4.69, 9.17) is 4.74 Å². The van der Waals surface area contributed by atoms with Crippen molar-refractivity contribution in [1.29, 1.82) is 0 Å². The summed E-state index contributed by atoms with van der Waals surface area (Å²) < 4.78 is 41.9. The summed E-state index contributed by atoms with van der Waals surface area (Å²) in [6, 6.07) is 0. The molecule has 0 aromatic carbocycles. The Morgan fingerprint density at radius 3 is 1.68 bits per heavy atom. The van der Waals surface area contributed by atoms with Gasteiger partial charge in [0.2, 0.25) is 5.78 Å². The molecular formula is C60H86F2O11. The maximum Gasteiger partial charge on any atom is 0.306 e. The summed E-state index contributed by atoms with van der Waals surface area (Å²) in [6.07, 6.45) is 20.9. The van der Waals surface area contributed by atoms with Gasteiger partial charge < -0.3 is 30.3 Å². The van der Waals surface area contributed by atoms with E-state index >= 15 is 8.78 Å². The first-order chi connectivity index (χ1) is 34.4. The van der Waals surface area contributed by atoms with Crippen LogP contribution in [-0.2, 0) is 28.7 Å². The van der Waals surface area contributed by atoms with Crippen LogP contribution in [0.1, 0.15) is 189 Å². The molecule has 13 heteroatoms. The van der Waals surface area contributed by atoms with E-state index in [1.54, 1.807) is 39.0 Å². The van der Waals surface area contributed by atoms with E-state index in [1.165, 1.54) is 12.2 Å². The number of hydrogen-bond donors (Lipinski definition) is 5. The molecule has 8 aliphatic rings. The minimum atomic E-state index is -2.08. The Morgan fingerprint density at radius 2 is 1.12 bits per heavy atom. The molecule has 0 spiro atoms. The van der Waals surface area contributed by atoms with Crippen molar-refractivity contribution < 1.29 is 63.0 Å². The largest absolute Gasteiger partial charge is 0.450 e. The fraction of sp³-hybridized carbons (Fsp3) is 0.783. The van der Waals surface area contributed by atoms with Crippen molar-refractivity contribution in [3.63, 3.8) is 0 Å². The molecule has 0 heterocycles. The monoisotopic (exact) mass is 1020 g/mol. The molecule has 6 fully saturated rings. The molecule has 0 aliphatic heterocycles. The number of ketones is 4. The fourth-order valence-electron chi connectivity index (χ4n) is 17.9. The Bertz CT molecular complexity index is 2310. The summed E-state index contributed by atoms with van der Waals surface area (Å²) in [4.78, 5) is 66.0. The van der Waals surface area contributed by atoms with Crippen LogP contribution < -0.4 is 0 Å². The number of rotatable bonds is 21. The van der Waals surface area contributed by atoms with Crippen LogP contribution in [0.2, 0.25) is 0 Å². The van der Waals surface area contributed by atoms with Gasteiger partial charge in [0.25, 0.3) is 0 Å². The van der Waals surface area contributed by atoms with Gasteiger partial charge in [-0.15, -0.1) is 0 Å². The van der Waals surface area contributed by atoms with Gasteiger partial charge in [-0.05, 0) is 126 Å². The number of carbonyl (C=O) groups is 5. The molecule has 0 amide bonds. The van der Waals surface area contributed by atoms with Gasteiger partial charge in [-0.3, -0.25) is 24.0 Å². The number of unbranched alkanes of at least 4 members (excludes halogenated alkanes) is 12. The average molecular weight is 1020 g/mol. The van der Waals surface area contributed by atoms with Crippen LogP contribution >= 0.6 is 0 Å². The van der Waals surface area contributed by atoms with E-state index in [0.717, 1.165) is 77.0 Å². The van der Waals surface area contributed by atoms with Crippen molar-refractivity contribution in [2.24, 2.45) is 57.2 Å². The third kappa shape index (κ3) is 8.42. The molecule has 0 aromatic rings. The summed E-state index contributed by atoms with van der Waals surface area (Å²) in [7, 11) is 0. The molecule has 0 radical (unpaired) electrons. The lowest BCUT2D eigenvalue weighted by atomic mass is 9.44. The smallest absolute Gasteiger partial charge is 0.306 e. The minimum Gasteiger partial charge on any atom is -0.450 e. The van der Waals surface area contributed by atoms with Crippen LogP contribution in [0.4, 0.5) is 8.78 Å². The Hall–Kier alpha value is -3.23. The fourth-order valence-corrected chi connectivity index (χ4v) is 17.9. The lowest BCUT2D eigenvalue weighted by molar-refractivity contribution is -0.228. The van der Waals surface area contributed by atoms with Crippen LogP contribution in [0, 0.1) is 57.2 Å². The van der Waals surface area contributed by atoms with Crippen molar-refractivity contribution in [3.8, 4) is 0 Å². The zero-order valence-electron chi connectivity index (χ0n) is 44.6. The van der Waals surface area contributed by atoms with Crippen molar-refractivity contribution in [1.82, 2.24) is 0 Å². The molecule has 8 rings (SSSR count). The van der Waals surface area contributed by atoms with Crippen LogP contribution in [0.3, 0.4) is 0 Å². The number of carbonyl (C=O) groups excluding carboxylic acids is 5. The Morgan fingerprint density at radius 1 is 0.644 bits per heavy atom. The predicted octanol–water partition coefficient (Wildman–Crippen LogP) is 9.58. The third-order valence-corrected chi connectivity index (χ3v) is 21.8. The van der Waals surface area contributed by atoms with Gasteiger partial charge in [0.1, 0.15) is 18.8 Å². The lowest BCUT2D eigenvalue weighted by Crippen LogP contribution is -2.70. The van der Waals surface area contributed by atoms with E-state index in [9.17, 15) is 49.5 Å². The maximum absolute atomic E-state index is 18.0. The maximum atomic E-state index is 18.0. The molecule has 5 N–H and O–H groups in total. The number of ether oxygens (including phenoxy) is 1. The van der Waals surface area contributed by atoms with E-state index in [0.29, 0.717) is 68.1 Å². The SMILES string of the molecule is C[C@@H]1C[C@H]2[C@@H]3CCC4=CC(=O)C(CCCCCCCCCCCCCCCC(=O)O[C@]5(C(=O)CO)[C@H](C)CC6C7CCC8=CC(=O)C=C[C@]8(C)[C@@]7(F)[C@@H](O)C[C@@]65C)=C[C@]4(C)[C@@]3(F)[C@@H](O)C[C@]2(C)[C@@]1(O)C(=O)CO. The normalized spacial score (nSPS) is 43.4. The number of aliphatic hydroxyl groups is 5. The molecular weight excluding hydrogens is 935 g/mol. The van der Waals surface area contributed by atoms with Crippen LogP contribution in [-0.4, -0.2) is 103 Å². The zero-order valence-corrected chi connectivity index (χ0v) is 44.6. The van der Waals surface area contributed by atoms with Gasteiger partial charge in [0.15, 0.2) is 34.3 Å². The summed E-state index contributed by atoms with van der Waals surface area (Å²) in [5, 5.41) is 55.4. The topological polar surface area (TPSA) is 196 Å². The number of Topliss-reactive ketones (excluding diaryl/α,β-unsaturated/α-hetero) is 2. The Labute approximate surface area is 432 Å². The molecule has 0 saturated heterocycles. The summed E-state index contributed by atoms with van der Waals surface area (Å²) in [6.45, 7) is 9.13. The number of esters is 1. The number of fused-ring (bicyclic) bond motifs is 10. The number of alkyl halides is 2. The highest BCUT2D eigenvalue weighted by Gasteiger charge is 2.78. The lowest BCUT2D eigenvalue weighted by Gasteiger charge is -2.62. The first-order valence-electron chi connectivity index (χ1n) is 28.3.